The Morgan fingerprint density at radius 2 is 2.04 bits per heavy atom. The average Bonchev–Trinajstić information content (AvgIpc) is 2.89. The molecule has 1 N–H and O–H groups in total. The van der Waals surface area contributed by atoms with Gasteiger partial charge in [-0.2, -0.15) is 10.1 Å². The Hall–Kier alpha value is -2.29. The van der Waals surface area contributed by atoms with E-state index in [0.717, 1.165) is 0 Å². The fraction of sp³-hybridized carbons (Fsp3) is 0.357. The van der Waals surface area contributed by atoms with Crippen LogP contribution in [-0.2, 0) is 9.84 Å². The van der Waals surface area contributed by atoms with Gasteiger partial charge in [-0.15, -0.1) is 5.10 Å². The lowest BCUT2D eigenvalue weighted by atomic mass is 10.2. The molecular weight excluding hydrogens is 321 g/mol. The largest absolute Gasteiger partial charge is 0.354 e. The monoisotopic (exact) mass is 337 g/mol. The summed E-state index contributed by atoms with van der Waals surface area (Å²) in [6.07, 6.45) is 2.06. The fourth-order valence-electron chi connectivity index (χ4n) is 2.45. The van der Waals surface area contributed by atoms with Crippen molar-refractivity contribution in [3.8, 4) is 0 Å². The van der Waals surface area contributed by atoms with E-state index in [-0.39, 0.29) is 29.3 Å². The maximum Gasteiger partial charge on any atom is 0.249 e. The van der Waals surface area contributed by atoms with Crippen molar-refractivity contribution in [3.05, 3.63) is 36.3 Å². The first-order valence-corrected chi connectivity index (χ1v) is 8.91. The molecule has 0 amide bonds. The van der Waals surface area contributed by atoms with Crippen LogP contribution in [0.3, 0.4) is 0 Å². The van der Waals surface area contributed by atoms with E-state index in [1.807, 2.05) is 0 Å². The minimum atomic E-state index is -2.97. The van der Waals surface area contributed by atoms with Gasteiger partial charge in [0.05, 0.1) is 17.7 Å². The Balaban J connectivity index is 1.75. The van der Waals surface area contributed by atoms with Crippen LogP contribution >= 0.6 is 0 Å². The molecule has 2 aromatic rings. The van der Waals surface area contributed by atoms with Crippen LogP contribution in [0.2, 0.25) is 0 Å². The molecule has 1 aromatic heterocycles. The zero-order chi connectivity index (χ0) is 16.4. The minimum absolute atomic E-state index is 0.115. The van der Waals surface area contributed by atoms with Crippen LogP contribution < -0.4 is 10.2 Å². The van der Waals surface area contributed by atoms with E-state index in [0.29, 0.717) is 17.9 Å². The van der Waals surface area contributed by atoms with Gasteiger partial charge in [-0.25, -0.2) is 12.8 Å². The van der Waals surface area contributed by atoms with Crippen LogP contribution in [0.1, 0.15) is 6.42 Å². The summed E-state index contributed by atoms with van der Waals surface area (Å²) in [5.41, 5.74) is 0.636. The van der Waals surface area contributed by atoms with Gasteiger partial charge in [0.1, 0.15) is 5.82 Å². The Morgan fingerprint density at radius 1 is 1.30 bits per heavy atom. The third-order valence-electron chi connectivity index (χ3n) is 3.76. The van der Waals surface area contributed by atoms with Gasteiger partial charge in [0, 0.05) is 18.8 Å². The lowest BCUT2D eigenvalue weighted by Gasteiger charge is -2.24. The molecule has 122 valence electrons. The highest BCUT2D eigenvalue weighted by molar-refractivity contribution is 7.91. The number of nitrogens with zero attached hydrogens (tertiary/aromatic N) is 4. The summed E-state index contributed by atoms with van der Waals surface area (Å²) >= 11 is 0. The highest BCUT2D eigenvalue weighted by atomic mass is 32.2. The van der Waals surface area contributed by atoms with Gasteiger partial charge in [0.15, 0.2) is 15.7 Å². The molecule has 1 aromatic carbocycles. The molecule has 1 aliphatic heterocycles. The molecule has 1 saturated heterocycles. The van der Waals surface area contributed by atoms with Crippen LogP contribution in [0.15, 0.2) is 30.5 Å². The summed E-state index contributed by atoms with van der Waals surface area (Å²) in [6, 6.07) is 5.68. The first kappa shape index (κ1) is 15.6. The summed E-state index contributed by atoms with van der Waals surface area (Å²) < 4.78 is 36.1. The van der Waals surface area contributed by atoms with Crippen molar-refractivity contribution in [3.63, 3.8) is 0 Å². The quantitative estimate of drug-likeness (QED) is 0.901. The smallest absolute Gasteiger partial charge is 0.249 e. The number of anilines is 3. The Labute approximate surface area is 133 Å². The van der Waals surface area contributed by atoms with E-state index in [1.54, 1.807) is 24.1 Å². The van der Waals surface area contributed by atoms with Gasteiger partial charge >= 0.3 is 0 Å². The second-order valence-corrected chi connectivity index (χ2v) is 7.67. The maximum absolute atomic E-state index is 12.9. The summed E-state index contributed by atoms with van der Waals surface area (Å²) in [7, 11) is -1.18. The summed E-state index contributed by atoms with van der Waals surface area (Å²) in [5, 5.41) is 10.7. The topological polar surface area (TPSA) is 88.1 Å². The lowest BCUT2D eigenvalue weighted by Crippen LogP contribution is -2.33. The molecule has 0 radical (unpaired) electrons. The van der Waals surface area contributed by atoms with Crippen molar-refractivity contribution < 1.29 is 12.8 Å². The number of sulfone groups is 1. The predicted molar refractivity (Wildman–Crippen MR) is 85.0 cm³/mol. The normalized spacial score (nSPS) is 19.5. The number of nitrogens with one attached hydrogen (secondary N) is 1. The Morgan fingerprint density at radius 3 is 2.70 bits per heavy atom. The SMILES string of the molecule is CN(c1cnnc(Nc2ccc(F)cc2)n1)C1CCS(=O)(=O)C1. The van der Waals surface area contributed by atoms with Crippen molar-refractivity contribution in [2.24, 2.45) is 0 Å². The van der Waals surface area contributed by atoms with Crippen LogP contribution in [0.5, 0.6) is 0 Å². The van der Waals surface area contributed by atoms with Gasteiger partial charge in [-0.1, -0.05) is 0 Å². The standard InChI is InChI=1S/C14H16FN5O2S/c1-20(12-6-7-23(21,22)9-12)13-8-16-19-14(18-13)17-11-4-2-10(15)3-5-11/h2-5,8,12H,6-7,9H2,1H3,(H,17,18,19). The molecule has 1 aliphatic rings. The van der Waals surface area contributed by atoms with Crippen molar-refractivity contribution >= 4 is 27.3 Å². The Bertz CT molecular complexity index is 797. The van der Waals surface area contributed by atoms with Crippen LogP contribution in [0.4, 0.5) is 21.8 Å². The molecule has 0 aliphatic carbocycles. The molecule has 0 saturated carbocycles. The zero-order valence-electron chi connectivity index (χ0n) is 12.5. The van der Waals surface area contributed by atoms with Crippen molar-refractivity contribution in [2.45, 2.75) is 12.5 Å². The van der Waals surface area contributed by atoms with Crippen molar-refractivity contribution in [1.82, 2.24) is 15.2 Å². The lowest BCUT2D eigenvalue weighted by molar-refractivity contribution is 0.600. The van der Waals surface area contributed by atoms with Gasteiger partial charge in [-0.3, -0.25) is 0 Å². The highest BCUT2D eigenvalue weighted by Crippen LogP contribution is 2.22. The van der Waals surface area contributed by atoms with E-state index < -0.39 is 9.84 Å². The molecule has 1 fully saturated rings. The first-order chi connectivity index (χ1) is 10.9. The van der Waals surface area contributed by atoms with E-state index in [2.05, 4.69) is 20.5 Å². The van der Waals surface area contributed by atoms with E-state index >= 15 is 0 Å². The fourth-order valence-corrected chi connectivity index (χ4v) is 4.22. The number of benzene rings is 1. The molecule has 7 nitrogen and oxygen atoms in total. The third kappa shape index (κ3) is 3.73. The summed E-state index contributed by atoms with van der Waals surface area (Å²) in [6.45, 7) is 0. The predicted octanol–water partition coefficient (Wildman–Crippen LogP) is 1.38. The van der Waals surface area contributed by atoms with Crippen molar-refractivity contribution in [1.29, 1.82) is 0 Å². The molecule has 0 bridgehead atoms. The van der Waals surface area contributed by atoms with Crippen LogP contribution in [0.25, 0.3) is 0 Å². The van der Waals surface area contributed by atoms with E-state index in [1.165, 1.54) is 18.3 Å². The van der Waals surface area contributed by atoms with Crippen molar-refractivity contribution in [2.75, 3.05) is 28.8 Å². The molecule has 1 atom stereocenters. The second-order valence-electron chi connectivity index (χ2n) is 5.44. The van der Waals surface area contributed by atoms with Crippen LogP contribution in [0, 0.1) is 5.82 Å². The first-order valence-electron chi connectivity index (χ1n) is 7.08. The third-order valence-corrected chi connectivity index (χ3v) is 5.51. The van der Waals surface area contributed by atoms with Gasteiger partial charge in [0.2, 0.25) is 5.95 Å². The van der Waals surface area contributed by atoms with Gasteiger partial charge in [-0.05, 0) is 30.7 Å². The summed E-state index contributed by atoms with van der Waals surface area (Å²) in [5.74, 6) is 0.786. The molecule has 0 spiro atoms. The van der Waals surface area contributed by atoms with Crippen LogP contribution in [-0.4, -0.2) is 48.2 Å². The van der Waals surface area contributed by atoms with E-state index in [4.69, 9.17) is 0 Å². The van der Waals surface area contributed by atoms with Gasteiger partial charge in [0.25, 0.3) is 0 Å². The zero-order valence-corrected chi connectivity index (χ0v) is 13.3. The average molecular weight is 337 g/mol. The number of hydrogen-bond donors (Lipinski definition) is 1. The summed E-state index contributed by atoms with van der Waals surface area (Å²) in [4.78, 5) is 6.14. The molecule has 1 unspecified atom stereocenters. The molecule has 3 rings (SSSR count). The molecular formula is C14H16FN5O2S. The molecule has 9 heteroatoms. The minimum Gasteiger partial charge on any atom is -0.354 e. The number of aromatic nitrogens is 3. The van der Waals surface area contributed by atoms with E-state index in [9.17, 15) is 12.8 Å². The number of halogens is 1. The maximum atomic E-state index is 12.9. The molecule has 23 heavy (non-hydrogen) atoms. The second kappa shape index (κ2) is 6.07. The van der Waals surface area contributed by atoms with Gasteiger partial charge < -0.3 is 10.2 Å². The molecule has 2 heterocycles. The number of hydrogen-bond acceptors (Lipinski definition) is 7. The highest BCUT2D eigenvalue weighted by Gasteiger charge is 2.31. The Kier molecular flexibility index (Phi) is 4.12. The number of rotatable bonds is 4.